The standard InChI is InChI=1S/C34H39Cl2F3N6O2/c1-33(2,3)31(47)40-16-18-8-13-23(35)29(28(18)36)43-32-42-24-14-22(30(46)41-21-11-9-20(10-12-21)34(37,38)39)26(15-27(24)44(32)4)45-17-19-6-5-7-25(19)45/h8,13-15,19-20,25H,5-7,9-12,16-17H2,1-4H3,(H,40,47)(H,42,43). The molecule has 2 saturated carbocycles. The lowest BCUT2D eigenvalue weighted by Crippen LogP contribution is -2.53. The van der Waals surface area contributed by atoms with E-state index in [0.29, 0.717) is 56.0 Å². The molecule has 2 unspecified atom stereocenters. The number of carbonyl (C=O) groups excluding carboxylic acids is 2. The molecule has 6 rings (SSSR count). The number of benzene rings is 2. The van der Waals surface area contributed by atoms with Crippen LogP contribution in [0.2, 0.25) is 10.0 Å². The Morgan fingerprint density at radius 1 is 1.06 bits per heavy atom. The molecule has 0 radical (unpaired) electrons. The lowest BCUT2D eigenvalue weighted by atomic mass is 9.87. The first-order chi connectivity index (χ1) is 22.1. The zero-order valence-electron chi connectivity index (χ0n) is 26.9. The van der Waals surface area contributed by atoms with Gasteiger partial charge in [-0.2, -0.15) is 13.2 Å². The fourth-order valence-electron chi connectivity index (χ4n) is 6.91. The number of aryl methyl sites for hydroxylation is 1. The van der Waals surface area contributed by atoms with Gasteiger partial charge in [-0.15, -0.1) is 0 Å². The third-order valence-electron chi connectivity index (χ3n) is 9.80. The topological polar surface area (TPSA) is 91.6 Å². The number of amides is 2. The predicted molar refractivity (Wildman–Crippen MR) is 180 cm³/mol. The quantitative estimate of drug-likeness (QED) is 0.270. The number of nitrogens with one attached hydrogen (secondary N) is 2. The Balaban J connectivity index is 1.31. The first kappa shape index (κ1) is 33.6. The highest BCUT2D eigenvalue weighted by Crippen LogP contribution is 2.45. The van der Waals surface area contributed by atoms with Crippen molar-refractivity contribution in [3.63, 3.8) is 0 Å². The molecule has 47 heavy (non-hydrogen) atoms. The molecule has 0 spiro atoms. The van der Waals surface area contributed by atoms with Gasteiger partial charge in [-0.05, 0) is 68.2 Å². The fourth-order valence-corrected chi connectivity index (χ4v) is 7.44. The van der Waals surface area contributed by atoms with Crippen LogP contribution in [0.25, 0.3) is 11.0 Å². The summed E-state index contributed by atoms with van der Waals surface area (Å²) in [6, 6.07) is 7.50. The van der Waals surface area contributed by atoms with Crippen LogP contribution in [0.15, 0.2) is 29.3 Å². The van der Waals surface area contributed by atoms with E-state index in [-0.39, 0.29) is 38.1 Å². The normalized spacial score (nSPS) is 21.4. The molecule has 2 aliphatic carbocycles. The summed E-state index contributed by atoms with van der Waals surface area (Å²) in [5.41, 5.74) is 3.55. The first-order valence-corrected chi connectivity index (χ1v) is 16.8. The number of halogens is 5. The van der Waals surface area contributed by atoms with Gasteiger partial charge in [-0.25, -0.2) is 9.98 Å². The van der Waals surface area contributed by atoms with Crippen LogP contribution in [0.3, 0.4) is 0 Å². The number of nitrogens with zero attached hydrogens (tertiary/aromatic N) is 4. The van der Waals surface area contributed by atoms with Crippen molar-refractivity contribution in [1.29, 1.82) is 0 Å². The molecule has 2 amide bonds. The van der Waals surface area contributed by atoms with Crippen molar-refractivity contribution < 1.29 is 22.8 Å². The lowest BCUT2D eigenvalue weighted by molar-refractivity contribution is -0.178. The van der Waals surface area contributed by atoms with Crippen molar-refractivity contribution in [3.8, 4) is 0 Å². The van der Waals surface area contributed by atoms with Gasteiger partial charge < -0.3 is 20.1 Å². The fraction of sp³-hybridized carbons (Fsp3) is 0.529. The molecule has 252 valence electrons. The molecule has 8 nitrogen and oxygen atoms in total. The van der Waals surface area contributed by atoms with Crippen molar-refractivity contribution in [3.05, 3.63) is 45.4 Å². The Bertz CT molecular complexity index is 1750. The van der Waals surface area contributed by atoms with Gasteiger partial charge in [-0.3, -0.25) is 9.59 Å². The summed E-state index contributed by atoms with van der Waals surface area (Å²) in [4.78, 5) is 37.6. The second-order valence-corrected chi connectivity index (χ2v) is 14.8. The van der Waals surface area contributed by atoms with Crippen LogP contribution in [0.1, 0.15) is 81.6 Å². The van der Waals surface area contributed by atoms with E-state index >= 15 is 0 Å². The van der Waals surface area contributed by atoms with Crippen LogP contribution >= 0.6 is 23.2 Å². The van der Waals surface area contributed by atoms with Crippen LogP contribution in [-0.2, 0) is 18.4 Å². The van der Waals surface area contributed by atoms with E-state index in [4.69, 9.17) is 28.2 Å². The van der Waals surface area contributed by atoms with Gasteiger partial charge in [0.05, 0.1) is 43.9 Å². The van der Waals surface area contributed by atoms with Gasteiger partial charge in [-0.1, -0.05) is 56.5 Å². The minimum Gasteiger partial charge on any atom is -0.367 e. The summed E-state index contributed by atoms with van der Waals surface area (Å²) in [5.74, 6) is -0.895. The Kier molecular flexibility index (Phi) is 9.02. The molecule has 2 aromatic carbocycles. The number of alkyl halides is 3. The largest absolute Gasteiger partial charge is 0.391 e. The van der Waals surface area contributed by atoms with Crippen molar-refractivity contribution in [2.45, 2.75) is 84.5 Å². The van der Waals surface area contributed by atoms with E-state index in [2.05, 4.69) is 20.5 Å². The molecule has 2 N–H and O–H groups in total. The molecule has 2 atom stereocenters. The smallest absolute Gasteiger partial charge is 0.367 e. The first-order valence-electron chi connectivity index (χ1n) is 16.1. The molecular formula is C34H39Cl2F3N6O2. The molecule has 2 heterocycles. The summed E-state index contributed by atoms with van der Waals surface area (Å²) in [5, 5.41) is 6.88. The summed E-state index contributed by atoms with van der Waals surface area (Å²) in [7, 11) is 1.85. The maximum atomic E-state index is 13.7. The Morgan fingerprint density at radius 2 is 1.79 bits per heavy atom. The van der Waals surface area contributed by atoms with Gasteiger partial charge >= 0.3 is 6.18 Å². The van der Waals surface area contributed by atoms with Gasteiger partial charge in [0.25, 0.3) is 5.91 Å². The summed E-state index contributed by atoms with van der Waals surface area (Å²) < 4.78 is 41.5. The molecule has 1 aromatic heterocycles. The molecule has 3 fully saturated rings. The SMILES string of the molecule is Cn1c(Nc2c(Cl)ccc(CNC(=O)C(C)(C)C)c2Cl)nc2cc(C(=O)N=C3CCC(C(F)(F)F)CC3)c(N3CC4CCCC43)cc21. The van der Waals surface area contributed by atoms with Crippen molar-refractivity contribution in [2.75, 3.05) is 16.8 Å². The monoisotopic (exact) mass is 690 g/mol. The number of anilines is 3. The Labute approximate surface area is 282 Å². The molecular weight excluding hydrogens is 652 g/mol. The van der Waals surface area contributed by atoms with E-state index in [1.807, 2.05) is 38.5 Å². The molecule has 13 heteroatoms. The molecule has 1 aliphatic heterocycles. The molecule has 3 aromatic rings. The van der Waals surface area contributed by atoms with Crippen LogP contribution < -0.4 is 15.5 Å². The number of aromatic nitrogens is 2. The van der Waals surface area contributed by atoms with Crippen molar-refractivity contribution in [2.24, 2.45) is 29.3 Å². The number of fused-ring (bicyclic) bond motifs is 2. The zero-order valence-corrected chi connectivity index (χ0v) is 28.4. The predicted octanol–water partition coefficient (Wildman–Crippen LogP) is 8.61. The van der Waals surface area contributed by atoms with Gasteiger partial charge in [0.1, 0.15) is 0 Å². The van der Waals surface area contributed by atoms with E-state index in [1.54, 1.807) is 18.2 Å². The molecule has 0 bridgehead atoms. The van der Waals surface area contributed by atoms with Crippen LogP contribution in [0.5, 0.6) is 0 Å². The van der Waals surface area contributed by atoms with Crippen LogP contribution in [0, 0.1) is 17.3 Å². The highest BCUT2D eigenvalue weighted by atomic mass is 35.5. The van der Waals surface area contributed by atoms with E-state index in [0.717, 1.165) is 37.0 Å². The average Bonchev–Trinajstić information content (AvgIpc) is 3.51. The Hall–Kier alpha value is -3.31. The number of carbonyl (C=O) groups is 2. The second kappa shape index (κ2) is 12.6. The summed E-state index contributed by atoms with van der Waals surface area (Å²) in [6.45, 7) is 6.55. The summed E-state index contributed by atoms with van der Waals surface area (Å²) >= 11 is 13.4. The lowest BCUT2D eigenvalue weighted by Gasteiger charge is -2.47. The van der Waals surface area contributed by atoms with Crippen LogP contribution in [0.4, 0.5) is 30.5 Å². The van der Waals surface area contributed by atoms with E-state index in [9.17, 15) is 22.8 Å². The maximum absolute atomic E-state index is 13.7. The van der Waals surface area contributed by atoms with E-state index < -0.39 is 23.4 Å². The van der Waals surface area contributed by atoms with Gasteiger partial charge in [0.2, 0.25) is 11.9 Å². The number of hydrogen-bond acceptors (Lipinski definition) is 5. The average molecular weight is 692 g/mol. The zero-order chi connectivity index (χ0) is 33.8. The Morgan fingerprint density at radius 3 is 2.45 bits per heavy atom. The number of imidazole rings is 1. The minimum atomic E-state index is -4.23. The molecule has 1 saturated heterocycles. The van der Waals surface area contributed by atoms with Crippen molar-refractivity contribution >= 4 is 69.1 Å². The highest BCUT2D eigenvalue weighted by Gasteiger charge is 2.44. The summed E-state index contributed by atoms with van der Waals surface area (Å²) in [6.07, 6.45) is -0.684. The second-order valence-electron chi connectivity index (χ2n) is 14.0. The van der Waals surface area contributed by atoms with Crippen molar-refractivity contribution in [1.82, 2.24) is 14.9 Å². The minimum absolute atomic E-state index is 0.0536. The maximum Gasteiger partial charge on any atom is 0.391 e. The number of rotatable bonds is 6. The van der Waals surface area contributed by atoms with Gasteiger partial charge in [0, 0.05) is 37.3 Å². The number of hydrogen-bond donors (Lipinski definition) is 2. The van der Waals surface area contributed by atoms with Gasteiger partial charge in [0.15, 0.2) is 0 Å². The molecule has 3 aliphatic rings. The highest BCUT2D eigenvalue weighted by molar-refractivity contribution is 6.39. The van der Waals surface area contributed by atoms with Crippen LogP contribution in [-0.4, -0.2) is 45.8 Å². The third kappa shape index (κ3) is 6.70. The number of aliphatic imine (C=N–C) groups is 1. The van der Waals surface area contributed by atoms with E-state index in [1.165, 1.54) is 0 Å². The third-order valence-corrected chi connectivity index (χ3v) is 10.5.